The van der Waals surface area contributed by atoms with E-state index in [-0.39, 0.29) is 24.5 Å². The summed E-state index contributed by atoms with van der Waals surface area (Å²) in [6.07, 6.45) is 5.45. The Balaban J connectivity index is 1.52. The highest BCUT2D eigenvalue weighted by molar-refractivity contribution is 5.96. The van der Waals surface area contributed by atoms with Crippen LogP contribution in [0.1, 0.15) is 54.9 Å². The van der Waals surface area contributed by atoms with Gasteiger partial charge in [0, 0.05) is 18.2 Å². The van der Waals surface area contributed by atoms with Crippen molar-refractivity contribution in [2.45, 2.75) is 51.5 Å². The Bertz CT molecular complexity index is 686. The Labute approximate surface area is 147 Å². The molecule has 25 heavy (non-hydrogen) atoms. The number of anilines is 1. The first-order valence-electron chi connectivity index (χ1n) is 8.92. The van der Waals surface area contributed by atoms with Gasteiger partial charge in [-0.15, -0.1) is 0 Å². The fraction of sp³-hybridized carbons (Fsp3) is 0.526. The van der Waals surface area contributed by atoms with Gasteiger partial charge in [-0.05, 0) is 48.9 Å². The largest absolute Gasteiger partial charge is 0.452 e. The molecule has 1 aliphatic carbocycles. The number of hydrogen-bond donors (Lipinski definition) is 2. The second-order valence-electron chi connectivity index (χ2n) is 6.93. The second kappa shape index (κ2) is 7.68. The molecule has 1 aliphatic heterocycles. The molecule has 2 aliphatic rings. The van der Waals surface area contributed by atoms with Crippen molar-refractivity contribution in [2.24, 2.45) is 5.92 Å². The lowest BCUT2D eigenvalue weighted by Crippen LogP contribution is -2.42. The van der Waals surface area contributed by atoms with Gasteiger partial charge >= 0.3 is 5.97 Å². The first-order valence-corrected chi connectivity index (χ1v) is 8.92. The topological polar surface area (TPSA) is 84.5 Å². The summed E-state index contributed by atoms with van der Waals surface area (Å²) < 4.78 is 5.14. The van der Waals surface area contributed by atoms with Gasteiger partial charge in [-0.2, -0.15) is 0 Å². The maximum absolute atomic E-state index is 12.2. The van der Waals surface area contributed by atoms with Crippen LogP contribution in [0.4, 0.5) is 5.69 Å². The zero-order chi connectivity index (χ0) is 17.8. The number of rotatable bonds is 4. The van der Waals surface area contributed by atoms with Gasteiger partial charge < -0.3 is 15.4 Å². The molecule has 2 atom stereocenters. The third kappa shape index (κ3) is 4.38. The summed E-state index contributed by atoms with van der Waals surface area (Å²) in [5.74, 6) is -0.329. The minimum Gasteiger partial charge on any atom is -0.452 e. The number of hydrogen-bond acceptors (Lipinski definition) is 4. The van der Waals surface area contributed by atoms with Crippen LogP contribution < -0.4 is 10.6 Å². The lowest BCUT2D eigenvalue weighted by atomic mass is 9.86. The number of benzene rings is 1. The molecule has 0 saturated heterocycles. The maximum atomic E-state index is 12.2. The molecular weight excluding hydrogens is 320 g/mol. The average molecular weight is 344 g/mol. The fourth-order valence-electron chi connectivity index (χ4n) is 3.50. The number of esters is 1. The van der Waals surface area contributed by atoms with E-state index in [0.29, 0.717) is 24.3 Å². The van der Waals surface area contributed by atoms with Crippen molar-refractivity contribution in [1.82, 2.24) is 5.32 Å². The zero-order valence-electron chi connectivity index (χ0n) is 14.5. The molecule has 2 unspecified atom stereocenters. The first-order chi connectivity index (χ1) is 12.0. The molecular formula is C19H24N2O4. The summed E-state index contributed by atoms with van der Waals surface area (Å²) in [4.78, 5) is 35.6. The predicted octanol–water partition coefficient (Wildman–Crippen LogP) is 2.42. The van der Waals surface area contributed by atoms with Gasteiger partial charge in [0.15, 0.2) is 6.61 Å². The van der Waals surface area contributed by atoms with Crippen molar-refractivity contribution >= 4 is 23.5 Å². The molecule has 1 fully saturated rings. The molecule has 1 aromatic rings. The number of fused-ring (bicyclic) bond motifs is 1. The molecule has 3 rings (SSSR count). The van der Waals surface area contributed by atoms with E-state index in [1.54, 1.807) is 18.2 Å². The Morgan fingerprint density at radius 3 is 2.84 bits per heavy atom. The maximum Gasteiger partial charge on any atom is 0.338 e. The molecule has 2 amide bonds. The molecule has 0 radical (unpaired) electrons. The van der Waals surface area contributed by atoms with E-state index >= 15 is 0 Å². The predicted molar refractivity (Wildman–Crippen MR) is 93.2 cm³/mol. The van der Waals surface area contributed by atoms with Crippen LogP contribution in [0.2, 0.25) is 0 Å². The molecule has 0 spiro atoms. The van der Waals surface area contributed by atoms with Gasteiger partial charge in [0.05, 0.1) is 5.56 Å². The van der Waals surface area contributed by atoms with Gasteiger partial charge in [0.25, 0.3) is 5.91 Å². The van der Waals surface area contributed by atoms with Gasteiger partial charge in [-0.3, -0.25) is 9.59 Å². The third-order valence-corrected chi connectivity index (χ3v) is 5.03. The number of carbonyl (C=O) groups is 3. The molecule has 1 aromatic carbocycles. The van der Waals surface area contributed by atoms with E-state index in [9.17, 15) is 14.4 Å². The summed E-state index contributed by atoms with van der Waals surface area (Å²) in [5.41, 5.74) is 2.04. The molecule has 0 aromatic heterocycles. The molecule has 134 valence electrons. The van der Waals surface area contributed by atoms with Gasteiger partial charge in [0.2, 0.25) is 5.91 Å². The Hall–Kier alpha value is -2.37. The molecule has 6 heteroatoms. The molecule has 2 N–H and O–H groups in total. The van der Waals surface area contributed by atoms with Crippen molar-refractivity contribution in [3.63, 3.8) is 0 Å². The smallest absolute Gasteiger partial charge is 0.338 e. The standard InChI is InChI=1S/C19H24N2O4/c1-12-4-2-3-5-15(12)20-18(23)11-25-19(24)14-6-8-16-13(10-14)7-9-17(22)21-16/h6,8,10,12,15H,2-5,7,9,11H2,1H3,(H,20,23)(H,21,22). The summed E-state index contributed by atoms with van der Waals surface area (Å²) in [6.45, 7) is 1.87. The van der Waals surface area contributed by atoms with Gasteiger partial charge in [-0.1, -0.05) is 19.8 Å². The van der Waals surface area contributed by atoms with Crippen LogP contribution in [-0.2, 0) is 20.7 Å². The highest BCUT2D eigenvalue weighted by Crippen LogP contribution is 2.24. The number of aryl methyl sites for hydroxylation is 1. The monoisotopic (exact) mass is 344 g/mol. The highest BCUT2D eigenvalue weighted by atomic mass is 16.5. The Morgan fingerprint density at radius 2 is 2.04 bits per heavy atom. The number of ether oxygens (including phenoxy) is 1. The second-order valence-corrected chi connectivity index (χ2v) is 6.93. The minimum absolute atomic E-state index is 0.0172. The normalized spacial score (nSPS) is 22.5. The van der Waals surface area contributed by atoms with Crippen LogP contribution in [0.25, 0.3) is 0 Å². The summed E-state index contributed by atoms with van der Waals surface area (Å²) in [5, 5.41) is 5.74. The van der Waals surface area contributed by atoms with Crippen molar-refractivity contribution in [2.75, 3.05) is 11.9 Å². The Kier molecular flexibility index (Phi) is 5.36. The van der Waals surface area contributed by atoms with Crippen molar-refractivity contribution < 1.29 is 19.1 Å². The zero-order valence-corrected chi connectivity index (χ0v) is 14.5. The van der Waals surface area contributed by atoms with E-state index in [4.69, 9.17) is 4.74 Å². The number of nitrogens with one attached hydrogen (secondary N) is 2. The van der Waals surface area contributed by atoms with Crippen molar-refractivity contribution in [3.05, 3.63) is 29.3 Å². The van der Waals surface area contributed by atoms with E-state index in [1.165, 1.54) is 6.42 Å². The third-order valence-electron chi connectivity index (χ3n) is 5.03. The molecule has 0 bridgehead atoms. The van der Waals surface area contributed by atoms with Crippen LogP contribution in [-0.4, -0.2) is 30.4 Å². The minimum atomic E-state index is -0.522. The summed E-state index contributed by atoms with van der Waals surface area (Å²) >= 11 is 0. The summed E-state index contributed by atoms with van der Waals surface area (Å²) in [6, 6.07) is 5.20. The van der Waals surface area contributed by atoms with Gasteiger partial charge in [-0.25, -0.2) is 4.79 Å². The highest BCUT2D eigenvalue weighted by Gasteiger charge is 2.23. The quantitative estimate of drug-likeness (QED) is 0.822. The van der Waals surface area contributed by atoms with E-state index in [1.807, 2.05) is 0 Å². The van der Waals surface area contributed by atoms with Crippen LogP contribution in [0.15, 0.2) is 18.2 Å². The van der Waals surface area contributed by atoms with E-state index in [0.717, 1.165) is 30.5 Å². The fourth-order valence-corrected chi connectivity index (χ4v) is 3.50. The van der Waals surface area contributed by atoms with Crippen LogP contribution in [0, 0.1) is 5.92 Å². The first kappa shape index (κ1) is 17.5. The van der Waals surface area contributed by atoms with Crippen LogP contribution in [0.3, 0.4) is 0 Å². The Morgan fingerprint density at radius 1 is 1.24 bits per heavy atom. The summed E-state index contributed by atoms with van der Waals surface area (Å²) in [7, 11) is 0. The number of amides is 2. The van der Waals surface area contributed by atoms with Crippen LogP contribution in [0.5, 0.6) is 0 Å². The lowest BCUT2D eigenvalue weighted by molar-refractivity contribution is -0.125. The SMILES string of the molecule is CC1CCCCC1NC(=O)COC(=O)c1ccc2c(c1)CCC(=O)N2. The molecule has 1 heterocycles. The number of carbonyl (C=O) groups excluding carboxylic acids is 3. The van der Waals surface area contributed by atoms with Crippen molar-refractivity contribution in [1.29, 1.82) is 0 Å². The molecule has 1 saturated carbocycles. The average Bonchev–Trinajstić information content (AvgIpc) is 2.61. The molecule has 6 nitrogen and oxygen atoms in total. The van der Waals surface area contributed by atoms with Gasteiger partial charge in [0.1, 0.15) is 0 Å². The van der Waals surface area contributed by atoms with Crippen LogP contribution >= 0.6 is 0 Å². The van der Waals surface area contributed by atoms with E-state index in [2.05, 4.69) is 17.6 Å². The lowest BCUT2D eigenvalue weighted by Gasteiger charge is -2.29. The van der Waals surface area contributed by atoms with Crippen molar-refractivity contribution in [3.8, 4) is 0 Å². The van der Waals surface area contributed by atoms with E-state index < -0.39 is 5.97 Å².